The smallest absolute Gasteiger partial charge is 0.338 e. The molecular weight excluding hydrogens is 622 g/mol. The number of nitrogens with two attached hydrogens (primary N) is 3. The maximum Gasteiger partial charge on any atom is 0.338 e. The molecule has 1 aromatic carbocycles. The minimum Gasteiger partial charge on any atom is -0.726 e. The van der Waals surface area contributed by atoms with Crippen LogP contribution in [-0.2, 0) is 40.7 Å². The number of esters is 1. The number of nitrogens with one attached hydrogen (secondary N) is 3. The first-order chi connectivity index (χ1) is 21.7. The molecule has 0 aliphatic heterocycles. The lowest BCUT2D eigenvalue weighted by molar-refractivity contribution is -0.459. The molecule has 3 atom stereocenters. The van der Waals surface area contributed by atoms with Crippen molar-refractivity contribution in [3.8, 4) is 0 Å². The first-order valence-electron chi connectivity index (χ1n) is 15.1. The lowest BCUT2D eigenvalue weighted by Gasteiger charge is -2.26. The van der Waals surface area contributed by atoms with E-state index in [0.717, 1.165) is 31.1 Å². The van der Waals surface area contributed by atoms with E-state index in [9.17, 15) is 19.2 Å². The van der Waals surface area contributed by atoms with Gasteiger partial charge in [0, 0.05) is 18.0 Å². The van der Waals surface area contributed by atoms with E-state index in [-0.39, 0.29) is 25.4 Å². The van der Waals surface area contributed by atoms with E-state index < -0.39 is 46.3 Å². The van der Waals surface area contributed by atoms with E-state index in [0.29, 0.717) is 42.8 Å². The second-order valence-corrected chi connectivity index (χ2v) is 11.9. The molecule has 2 aromatic rings. The molecule has 1 aliphatic carbocycles. The van der Waals surface area contributed by atoms with E-state index in [1.165, 1.54) is 11.0 Å². The zero-order valence-electron chi connectivity index (χ0n) is 25.9. The summed E-state index contributed by atoms with van der Waals surface area (Å²) in [6.45, 7) is 2.23. The molecule has 3 rings (SSSR count). The molecule has 2 amide bonds. The quantitative estimate of drug-likeness (QED) is 0.0211. The van der Waals surface area contributed by atoms with Crippen LogP contribution in [-0.4, -0.2) is 83.5 Å². The molecule has 0 saturated heterocycles. The third-order valence-electron chi connectivity index (χ3n) is 7.53. The van der Waals surface area contributed by atoms with Gasteiger partial charge < -0.3 is 25.7 Å². The predicted octanol–water partition coefficient (Wildman–Crippen LogP) is -1.81. The van der Waals surface area contributed by atoms with Crippen LogP contribution < -0.4 is 32.8 Å². The fraction of sp³-hybridized carbons (Fsp3) is 0.552. The summed E-state index contributed by atoms with van der Waals surface area (Å²) in [5.74, 6) is -1.13. The second kappa shape index (κ2) is 18.8. The van der Waals surface area contributed by atoms with Crippen molar-refractivity contribution in [2.24, 2.45) is 23.1 Å². The first-order valence-corrected chi connectivity index (χ1v) is 16.5. The standard InChI is InChI=1S/C29H43N7O5.H2O4S/c1-2-41-28(40)23(12-8-14-33-29(31)32)34-27(39)24(35-26(38)22(30)15-19-9-4-3-5-10-19)16-20-17-36(18-37)25-13-7-6-11-21(20)25;1-5(2,3)4/h6-7,11,13,17-19,22-24H,2-5,8-10,12,14-16,30H2,1H3,(H,34,39)(H,35,38)(H4,31,32,33);(H2,1,2,3,4)/t22-,23+,24+;/m1./s1. The molecule has 256 valence electrons. The number of hydrogen-bond acceptors (Lipinski definition) is 9. The Morgan fingerprint density at radius 2 is 1.76 bits per heavy atom. The molecule has 0 bridgehead atoms. The number of nitrogens with zero attached hydrogens (tertiary/aromatic N) is 1. The molecule has 1 fully saturated rings. The molecule has 17 heteroatoms. The number of hydrogen-bond donors (Lipinski definition) is 7. The number of para-hydroxylation sites is 1. The van der Waals surface area contributed by atoms with E-state index >= 15 is 0 Å². The molecule has 10 N–H and O–H groups in total. The van der Waals surface area contributed by atoms with Gasteiger partial charge in [-0.25, -0.2) is 13.2 Å². The van der Waals surface area contributed by atoms with Crippen molar-refractivity contribution in [1.82, 2.24) is 15.2 Å². The number of carbonyl (C=O) groups excluding carboxylic acids is 4. The van der Waals surface area contributed by atoms with Crippen LogP contribution in [0.1, 0.15) is 63.9 Å². The molecule has 1 aliphatic rings. The Labute approximate surface area is 268 Å². The van der Waals surface area contributed by atoms with Gasteiger partial charge in [-0.15, -0.1) is 0 Å². The van der Waals surface area contributed by atoms with Crippen molar-refractivity contribution in [3.63, 3.8) is 0 Å². The maximum absolute atomic E-state index is 13.7. The van der Waals surface area contributed by atoms with Crippen LogP contribution in [0.5, 0.6) is 0 Å². The average Bonchev–Trinajstić information content (AvgIpc) is 3.35. The molecule has 1 heterocycles. The Bertz CT molecular complexity index is 1440. The fourth-order valence-corrected chi connectivity index (χ4v) is 5.43. The number of carbonyl (C=O) groups is 4. The molecule has 0 unspecified atom stereocenters. The summed E-state index contributed by atoms with van der Waals surface area (Å²) < 4.78 is 39.5. The normalized spacial score (nSPS) is 15.4. The largest absolute Gasteiger partial charge is 0.726 e. The maximum atomic E-state index is 13.7. The van der Waals surface area contributed by atoms with Crippen molar-refractivity contribution in [2.45, 2.75) is 82.8 Å². The van der Waals surface area contributed by atoms with Crippen LogP contribution in [0.2, 0.25) is 0 Å². The highest BCUT2D eigenvalue weighted by Gasteiger charge is 2.30. The molecule has 1 aromatic heterocycles. The van der Waals surface area contributed by atoms with E-state index in [1.54, 1.807) is 19.2 Å². The topological polar surface area (TPSA) is 276 Å². The van der Waals surface area contributed by atoms with E-state index in [2.05, 4.69) is 15.6 Å². The van der Waals surface area contributed by atoms with Crippen molar-refractivity contribution in [3.05, 3.63) is 36.0 Å². The van der Waals surface area contributed by atoms with Crippen molar-refractivity contribution < 1.29 is 46.4 Å². The van der Waals surface area contributed by atoms with Gasteiger partial charge in [0.2, 0.25) is 28.6 Å². The predicted molar refractivity (Wildman–Crippen MR) is 168 cm³/mol. The molecular formula is C29H45N7O9S. The number of amides is 2. The molecule has 0 spiro atoms. The van der Waals surface area contributed by atoms with Crippen LogP contribution in [0.4, 0.5) is 0 Å². The minimum absolute atomic E-state index is 0.0588. The number of aromatic nitrogens is 1. The van der Waals surface area contributed by atoms with Gasteiger partial charge in [-0.2, -0.15) is 0 Å². The van der Waals surface area contributed by atoms with Crippen molar-refractivity contribution in [2.75, 3.05) is 13.2 Å². The fourth-order valence-electron chi connectivity index (χ4n) is 5.43. The van der Waals surface area contributed by atoms with Gasteiger partial charge in [-0.05, 0) is 43.7 Å². The number of fused-ring (bicyclic) bond motifs is 1. The SMILES string of the molecule is CCOC(=O)[C@H](CCC[NH+]=C(N)N)NC(=O)[C@H](Cc1cn(C=O)c2ccccc12)NC(=O)[C@H](N)CC1CCCCC1.O=S(=O)([O-])O. The second-order valence-electron chi connectivity index (χ2n) is 11.1. The Morgan fingerprint density at radius 1 is 1.13 bits per heavy atom. The van der Waals surface area contributed by atoms with Crippen molar-refractivity contribution in [1.29, 1.82) is 0 Å². The number of guanidine groups is 1. The first kappa shape index (κ1) is 38.1. The molecule has 46 heavy (non-hydrogen) atoms. The Hall–Kier alpha value is -4.06. The number of benzene rings is 1. The molecule has 0 radical (unpaired) electrons. The van der Waals surface area contributed by atoms with Crippen LogP contribution >= 0.6 is 0 Å². The van der Waals surface area contributed by atoms with Crippen LogP contribution in [0.3, 0.4) is 0 Å². The van der Waals surface area contributed by atoms with Gasteiger partial charge in [-0.3, -0.25) is 40.0 Å². The number of ether oxygens (including phenoxy) is 1. The zero-order valence-corrected chi connectivity index (χ0v) is 26.7. The molecule has 16 nitrogen and oxygen atoms in total. The lowest BCUT2D eigenvalue weighted by atomic mass is 9.85. The minimum atomic E-state index is -4.92. The lowest BCUT2D eigenvalue weighted by Crippen LogP contribution is -2.78. The zero-order chi connectivity index (χ0) is 34.3. The van der Waals surface area contributed by atoms with Gasteiger partial charge in [0.05, 0.1) is 24.7 Å². The highest BCUT2D eigenvalue weighted by atomic mass is 32.3. The third kappa shape index (κ3) is 13.5. The van der Waals surface area contributed by atoms with Gasteiger partial charge in [0.15, 0.2) is 0 Å². The average molecular weight is 668 g/mol. The highest BCUT2D eigenvalue weighted by molar-refractivity contribution is 7.79. The summed E-state index contributed by atoms with van der Waals surface area (Å²) in [7, 11) is -4.92. The number of rotatable bonds is 15. The molecule has 1 saturated carbocycles. The summed E-state index contributed by atoms with van der Waals surface area (Å²) in [5.41, 5.74) is 18.6. The van der Waals surface area contributed by atoms with Crippen LogP contribution in [0, 0.1) is 5.92 Å². The Balaban J connectivity index is 0.00000136. The summed E-state index contributed by atoms with van der Waals surface area (Å²) in [6.07, 6.45) is 9.25. The highest BCUT2D eigenvalue weighted by Crippen LogP contribution is 2.27. The Morgan fingerprint density at radius 3 is 2.37 bits per heavy atom. The van der Waals surface area contributed by atoms with E-state index in [4.69, 9.17) is 39.5 Å². The summed E-state index contributed by atoms with van der Waals surface area (Å²) in [6, 6.07) is 4.54. The van der Waals surface area contributed by atoms with Gasteiger partial charge in [0.25, 0.3) is 0 Å². The van der Waals surface area contributed by atoms with Gasteiger partial charge >= 0.3 is 11.9 Å². The summed E-state index contributed by atoms with van der Waals surface area (Å²) in [5, 5.41) is 6.37. The van der Waals surface area contributed by atoms with Crippen LogP contribution in [0.25, 0.3) is 10.9 Å². The van der Waals surface area contributed by atoms with Crippen molar-refractivity contribution >= 4 is 51.5 Å². The van der Waals surface area contributed by atoms with Gasteiger partial charge in [-0.1, -0.05) is 50.3 Å². The third-order valence-corrected chi connectivity index (χ3v) is 7.53. The summed E-state index contributed by atoms with van der Waals surface area (Å²) in [4.78, 5) is 54.1. The van der Waals surface area contributed by atoms with Crippen LogP contribution in [0.15, 0.2) is 30.5 Å². The summed E-state index contributed by atoms with van der Waals surface area (Å²) >= 11 is 0. The van der Waals surface area contributed by atoms with Gasteiger partial charge in [0.1, 0.15) is 12.1 Å². The Kier molecular flexibility index (Phi) is 15.6. The monoisotopic (exact) mass is 667 g/mol. The van der Waals surface area contributed by atoms with E-state index in [1.807, 2.05) is 18.2 Å².